The van der Waals surface area contributed by atoms with Crippen LogP contribution in [0.5, 0.6) is 11.5 Å². The Hall–Kier alpha value is -2.53. The summed E-state index contributed by atoms with van der Waals surface area (Å²) in [4.78, 5) is 12.4. The third-order valence-electron chi connectivity index (χ3n) is 3.73. The van der Waals surface area contributed by atoms with Crippen LogP contribution >= 0.6 is 0 Å². The van der Waals surface area contributed by atoms with Gasteiger partial charge in [0.15, 0.2) is 6.79 Å². The Labute approximate surface area is 142 Å². The first-order chi connectivity index (χ1) is 11.7. The molecule has 0 radical (unpaired) electrons. The SMILES string of the molecule is COCOc1ccccc1CC(C(=O)OC)c1ccccc1OC. The van der Waals surface area contributed by atoms with Crippen LogP contribution in [0, 0.1) is 0 Å². The van der Waals surface area contributed by atoms with Crippen molar-refractivity contribution in [2.45, 2.75) is 12.3 Å². The molecule has 1 atom stereocenters. The molecule has 0 saturated carbocycles. The molecule has 0 aliphatic heterocycles. The van der Waals surface area contributed by atoms with Crippen molar-refractivity contribution in [3.05, 3.63) is 59.7 Å². The molecule has 5 nitrogen and oxygen atoms in total. The number of para-hydroxylation sites is 2. The molecule has 2 aromatic rings. The van der Waals surface area contributed by atoms with Gasteiger partial charge in [-0.2, -0.15) is 0 Å². The van der Waals surface area contributed by atoms with E-state index in [1.165, 1.54) is 7.11 Å². The maximum atomic E-state index is 12.4. The predicted molar refractivity (Wildman–Crippen MR) is 90.4 cm³/mol. The first-order valence-corrected chi connectivity index (χ1v) is 7.61. The summed E-state index contributed by atoms with van der Waals surface area (Å²) >= 11 is 0. The Morgan fingerprint density at radius 2 is 1.62 bits per heavy atom. The number of carbonyl (C=O) groups is 1. The minimum Gasteiger partial charge on any atom is -0.496 e. The highest BCUT2D eigenvalue weighted by Gasteiger charge is 2.26. The van der Waals surface area contributed by atoms with Crippen molar-refractivity contribution >= 4 is 5.97 Å². The lowest BCUT2D eigenvalue weighted by Crippen LogP contribution is -2.18. The highest BCUT2D eigenvalue weighted by Crippen LogP contribution is 2.32. The van der Waals surface area contributed by atoms with Gasteiger partial charge in [-0.15, -0.1) is 0 Å². The first kappa shape index (κ1) is 17.8. The topological polar surface area (TPSA) is 54.0 Å². The van der Waals surface area contributed by atoms with Crippen molar-refractivity contribution in [2.75, 3.05) is 28.1 Å². The van der Waals surface area contributed by atoms with E-state index in [9.17, 15) is 4.79 Å². The van der Waals surface area contributed by atoms with E-state index in [-0.39, 0.29) is 12.8 Å². The minimum atomic E-state index is -0.488. The second-order valence-corrected chi connectivity index (χ2v) is 5.18. The van der Waals surface area contributed by atoms with Crippen LogP contribution in [0.2, 0.25) is 0 Å². The minimum absolute atomic E-state index is 0.147. The monoisotopic (exact) mass is 330 g/mol. The number of benzene rings is 2. The summed E-state index contributed by atoms with van der Waals surface area (Å²) in [5, 5.41) is 0. The van der Waals surface area contributed by atoms with Gasteiger partial charge in [0.05, 0.1) is 20.1 Å². The van der Waals surface area contributed by atoms with E-state index in [1.54, 1.807) is 14.2 Å². The van der Waals surface area contributed by atoms with Crippen LogP contribution < -0.4 is 9.47 Å². The van der Waals surface area contributed by atoms with Crippen molar-refractivity contribution < 1.29 is 23.7 Å². The fourth-order valence-electron chi connectivity index (χ4n) is 2.57. The molecule has 0 fully saturated rings. The van der Waals surface area contributed by atoms with Gasteiger partial charge in [0.2, 0.25) is 0 Å². The fraction of sp³-hybridized carbons (Fsp3) is 0.316. The predicted octanol–water partition coefficient (Wildman–Crippen LogP) is 3.18. The molecule has 0 aliphatic rings. The van der Waals surface area contributed by atoms with Crippen molar-refractivity contribution in [3.63, 3.8) is 0 Å². The van der Waals surface area contributed by atoms with Crippen LogP contribution in [0.3, 0.4) is 0 Å². The molecule has 0 bridgehead atoms. The molecular weight excluding hydrogens is 308 g/mol. The summed E-state index contributed by atoms with van der Waals surface area (Å²) in [5.74, 6) is 0.533. The summed E-state index contributed by atoms with van der Waals surface area (Å²) < 4.78 is 20.9. The van der Waals surface area contributed by atoms with Crippen molar-refractivity contribution in [1.82, 2.24) is 0 Å². The van der Waals surface area contributed by atoms with Gasteiger partial charge < -0.3 is 18.9 Å². The molecule has 0 aliphatic carbocycles. The van der Waals surface area contributed by atoms with Crippen LogP contribution in [-0.2, 0) is 20.7 Å². The Morgan fingerprint density at radius 1 is 0.958 bits per heavy atom. The Bertz CT molecular complexity index is 668. The zero-order chi connectivity index (χ0) is 17.4. The highest BCUT2D eigenvalue weighted by molar-refractivity contribution is 5.79. The standard InChI is InChI=1S/C19H22O5/c1-21-13-24-17-10-6-4-8-14(17)12-16(19(20)23-3)15-9-5-7-11-18(15)22-2/h4-11,16H,12-13H2,1-3H3. The van der Waals surface area contributed by atoms with Crippen LogP contribution in [-0.4, -0.2) is 34.1 Å². The van der Waals surface area contributed by atoms with E-state index < -0.39 is 5.92 Å². The molecule has 128 valence electrons. The molecule has 2 rings (SSSR count). The summed E-state index contributed by atoms with van der Waals surface area (Å²) in [7, 11) is 4.54. The summed E-state index contributed by atoms with van der Waals surface area (Å²) in [6, 6.07) is 15.0. The molecule has 0 saturated heterocycles. The van der Waals surface area contributed by atoms with E-state index in [2.05, 4.69) is 0 Å². The van der Waals surface area contributed by atoms with Crippen molar-refractivity contribution in [2.24, 2.45) is 0 Å². The van der Waals surface area contributed by atoms with E-state index in [1.807, 2.05) is 48.5 Å². The average Bonchev–Trinajstić information content (AvgIpc) is 2.64. The Kier molecular flexibility index (Phi) is 6.63. The second kappa shape index (κ2) is 8.93. The largest absolute Gasteiger partial charge is 0.496 e. The van der Waals surface area contributed by atoms with Crippen LogP contribution in [0.1, 0.15) is 17.0 Å². The van der Waals surface area contributed by atoms with E-state index in [0.717, 1.165) is 11.1 Å². The summed E-state index contributed by atoms with van der Waals surface area (Å²) in [6.07, 6.45) is 0.437. The average molecular weight is 330 g/mol. The highest BCUT2D eigenvalue weighted by atomic mass is 16.7. The lowest BCUT2D eigenvalue weighted by Gasteiger charge is -2.19. The molecule has 5 heteroatoms. The number of esters is 1. The Morgan fingerprint density at radius 3 is 2.29 bits per heavy atom. The number of methoxy groups -OCH3 is 3. The van der Waals surface area contributed by atoms with Crippen molar-refractivity contribution in [1.29, 1.82) is 0 Å². The molecular formula is C19H22O5. The van der Waals surface area contributed by atoms with Gasteiger partial charge in [0.25, 0.3) is 0 Å². The second-order valence-electron chi connectivity index (χ2n) is 5.18. The zero-order valence-electron chi connectivity index (χ0n) is 14.2. The third kappa shape index (κ3) is 4.26. The number of carbonyl (C=O) groups excluding carboxylic acids is 1. The summed E-state index contributed by atoms with van der Waals surface area (Å²) in [5.41, 5.74) is 1.68. The van der Waals surface area contributed by atoms with Gasteiger partial charge in [-0.25, -0.2) is 0 Å². The van der Waals surface area contributed by atoms with Crippen LogP contribution in [0.15, 0.2) is 48.5 Å². The Balaban J connectivity index is 2.36. The maximum absolute atomic E-state index is 12.4. The fourth-order valence-corrected chi connectivity index (χ4v) is 2.57. The summed E-state index contributed by atoms with van der Waals surface area (Å²) in [6.45, 7) is 0.147. The lowest BCUT2D eigenvalue weighted by molar-refractivity contribution is -0.142. The maximum Gasteiger partial charge on any atom is 0.313 e. The normalized spacial score (nSPS) is 11.6. The third-order valence-corrected chi connectivity index (χ3v) is 3.73. The zero-order valence-corrected chi connectivity index (χ0v) is 14.2. The smallest absolute Gasteiger partial charge is 0.313 e. The van der Waals surface area contributed by atoms with E-state index in [0.29, 0.717) is 17.9 Å². The molecule has 0 aromatic heterocycles. The number of rotatable bonds is 8. The van der Waals surface area contributed by atoms with Crippen molar-refractivity contribution in [3.8, 4) is 11.5 Å². The van der Waals surface area contributed by atoms with Gasteiger partial charge >= 0.3 is 5.97 Å². The van der Waals surface area contributed by atoms with Gasteiger partial charge in [0.1, 0.15) is 11.5 Å². The van der Waals surface area contributed by atoms with Gasteiger partial charge in [-0.3, -0.25) is 4.79 Å². The molecule has 0 N–H and O–H groups in total. The molecule has 1 unspecified atom stereocenters. The first-order valence-electron chi connectivity index (χ1n) is 7.61. The van der Waals surface area contributed by atoms with Crippen LogP contribution in [0.4, 0.5) is 0 Å². The molecule has 2 aromatic carbocycles. The van der Waals surface area contributed by atoms with Gasteiger partial charge in [-0.1, -0.05) is 36.4 Å². The lowest BCUT2D eigenvalue weighted by atomic mass is 9.91. The van der Waals surface area contributed by atoms with E-state index in [4.69, 9.17) is 18.9 Å². The molecule has 0 heterocycles. The molecule has 24 heavy (non-hydrogen) atoms. The number of hydrogen-bond acceptors (Lipinski definition) is 5. The molecule has 0 amide bonds. The number of ether oxygens (including phenoxy) is 4. The quantitative estimate of drug-likeness (QED) is 0.550. The van der Waals surface area contributed by atoms with Gasteiger partial charge in [0, 0.05) is 12.7 Å². The number of hydrogen-bond donors (Lipinski definition) is 0. The van der Waals surface area contributed by atoms with E-state index >= 15 is 0 Å². The molecule has 0 spiro atoms. The van der Waals surface area contributed by atoms with Crippen LogP contribution in [0.25, 0.3) is 0 Å². The van der Waals surface area contributed by atoms with Gasteiger partial charge in [-0.05, 0) is 24.1 Å².